The number of carbonyl (C=O) groups excluding carboxylic acids is 2. The molecule has 10 nitrogen and oxygen atoms in total. The first-order chi connectivity index (χ1) is 21.8. The number of phenols is 1. The van der Waals surface area contributed by atoms with Crippen molar-refractivity contribution in [2.24, 2.45) is 17.2 Å². The van der Waals surface area contributed by atoms with Crippen molar-refractivity contribution in [1.82, 2.24) is 0 Å². The summed E-state index contributed by atoms with van der Waals surface area (Å²) in [6.45, 7) is 1.46. The summed E-state index contributed by atoms with van der Waals surface area (Å²) in [6.07, 6.45) is -7.03. The van der Waals surface area contributed by atoms with Crippen molar-refractivity contribution in [2.75, 3.05) is 0 Å². The molecule has 0 aliphatic rings. The van der Waals surface area contributed by atoms with Crippen LogP contribution in [0.15, 0.2) is 54.6 Å². The van der Waals surface area contributed by atoms with E-state index in [4.69, 9.17) is 31.8 Å². The second kappa shape index (κ2) is 14.9. The van der Waals surface area contributed by atoms with Crippen LogP contribution in [0.5, 0.6) is 17.2 Å². The zero-order chi connectivity index (χ0) is 35.3. The number of esters is 2. The van der Waals surface area contributed by atoms with Gasteiger partial charge in [-0.2, -0.15) is 0 Å². The Morgan fingerprint density at radius 2 is 1.21 bits per heavy atom. The molecule has 0 spiro atoms. The maximum absolute atomic E-state index is 14.1. The van der Waals surface area contributed by atoms with Crippen LogP contribution in [0, 0.1) is 0 Å². The molecule has 0 bridgehead atoms. The van der Waals surface area contributed by atoms with Gasteiger partial charge in [-0.15, -0.1) is 0 Å². The minimum atomic E-state index is -3.03. The highest BCUT2D eigenvalue weighted by molar-refractivity contribution is 5.83. The fourth-order valence-electron chi connectivity index (χ4n) is 4.64. The van der Waals surface area contributed by atoms with Crippen molar-refractivity contribution in [3.63, 3.8) is 0 Å². The largest absolute Gasteiger partial charge is 0.508 e. The normalized spacial score (nSPS) is 14.7. The summed E-state index contributed by atoms with van der Waals surface area (Å²) in [5.41, 5.74) is 13.2. The number of aromatic hydroxyl groups is 1. The van der Waals surface area contributed by atoms with Gasteiger partial charge < -0.3 is 36.9 Å². The molecule has 3 aromatic carbocycles. The van der Waals surface area contributed by atoms with Gasteiger partial charge in [0.25, 0.3) is 12.9 Å². The quantitative estimate of drug-likeness (QED) is 0.0935. The molecule has 0 radical (unpaired) electrons. The van der Waals surface area contributed by atoms with Gasteiger partial charge in [-0.25, -0.2) is 31.5 Å². The second-order valence-corrected chi connectivity index (χ2v) is 11.5. The van der Waals surface area contributed by atoms with Crippen molar-refractivity contribution in [3.8, 4) is 17.2 Å². The van der Waals surface area contributed by atoms with Gasteiger partial charge in [-0.3, -0.25) is 4.79 Å². The van der Waals surface area contributed by atoms with Crippen LogP contribution < -0.4 is 26.7 Å². The first-order valence-electron chi connectivity index (χ1n) is 14.0. The van der Waals surface area contributed by atoms with Gasteiger partial charge in [0.1, 0.15) is 41.0 Å². The monoisotopic (exact) mass is 667 g/mol. The molecule has 254 valence electrons. The lowest BCUT2D eigenvalue weighted by Crippen LogP contribution is -2.49. The third-order valence-electron chi connectivity index (χ3n) is 7.26. The average Bonchev–Trinajstić information content (AvgIpc) is 2.98. The van der Waals surface area contributed by atoms with Crippen LogP contribution in [0.4, 0.5) is 22.0 Å². The van der Waals surface area contributed by atoms with Gasteiger partial charge in [0, 0.05) is 24.0 Å². The lowest BCUT2D eigenvalue weighted by molar-refractivity contribution is -0.140. The Morgan fingerprint density at radius 1 is 0.745 bits per heavy atom. The fraction of sp³-hybridized carbons (Fsp3) is 0.344. The van der Waals surface area contributed by atoms with E-state index < -0.39 is 72.1 Å². The van der Waals surface area contributed by atoms with Gasteiger partial charge in [-0.1, -0.05) is 18.2 Å². The molecule has 15 heteroatoms. The number of benzene rings is 3. The molecular weight excluding hydrogens is 633 g/mol. The Labute approximate surface area is 266 Å². The van der Waals surface area contributed by atoms with E-state index in [1.54, 1.807) is 0 Å². The standard InChI is InChI=1S/C32H34F5N3O7/c1-31(39,29(44)47-22-7-4-16(10-25(38)28(42)43)24(12-22)27(36)37)13-17-5-8-21(9-19(17)15-33)46-30(45)32(2,40)14-18-3-6-20(41)11-23(18)26(34)35/h3-9,11-12,25-27,41H,10,13-15,38-40H2,1-2H3,(H,42,43)/t25-,31-,32-/m0/s1. The van der Waals surface area contributed by atoms with Crippen molar-refractivity contribution < 1.29 is 56.0 Å². The molecule has 0 saturated carbocycles. The van der Waals surface area contributed by atoms with Gasteiger partial charge in [0.2, 0.25) is 0 Å². The van der Waals surface area contributed by atoms with Crippen molar-refractivity contribution >= 4 is 17.9 Å². The summed E-state index contributed by atoms with van der Waals surface area (Å²) in [7, 11) is 0. The van der Waals surface area contributed by atoms with E-state index in [2.05, 4.69) is 0 Å². The van der Waals surface area contributed by atoms with Crippen molar-refractivity contribution in [2.45, 2.75) is 69.8 Å². The van der Waals surface area contributed by atoms with Crippen molar-refractivity contribution in [1.29, 1.82) is 0 Å². The molecule has 3 aromatic rings. The highest BCUT2D eigenvalue weighted by Crippen LogP contribution is 2.31. The minimum absolute atomic E-state index is 0.0115. The van der Waals surface area contributed by atoms with Gasteiger partial charge in [0.15, 0.2) is 0 Å². The van der Waals surface area contributed by atoms with Crippen LogP contribution in [0.3, 0.4) is 0 Å². The third kappa shape index (κ3) is 9.47. The molecule has 0 saturated heterocycles. The number of hydrogen-bond acceptors (Lipinski definition) is 9. The SMILES string of the molecule is C[C@](N)(Cc1ccc(OC(=O)[C@@](C)(N)Cc2ccc(O)cc2C(F)F)cc1CF)C(=O)Oc1ccc(C[C@H](N)C(=O)O)c(C(F)F)c1. The average molecular weight is 668 g/mol. The second-order valence-electron chi connectivity index (χ2n) is 11.5. The molecule has 0 aliphatic carbocycles. The summed E-state index contributed by atoms with van der Waals surface area (Å²) in [5.74, 6) is -4.26. The number of carboxylic acid groups (broad SMARTS) is 1. The van der Waals surface area contributed by atoms with E-state index in [0.717, 1.165) is 18.2 Å². The molecule has 3 atom stereocenters. The van der Waals surface area contributed by atoms with E-state index in [-0.39, 0.29) is 52.3 Å². The lowest BCUT2D eigenvalue weighted by Gasteiger charge is -2.25. The van der Waals surface area contributed by atoms with Crippen LogP contribution in [-0.4, -0.2) is 45.2 Å². The molecule has 0 fully saturated rings. The number of alkyl halides is 5. The molecule has 0 unspecified atom stereocenters. The molecule has 0 heterocycles. The van der Waals surface area contributed by atoms with Crippen LogP contribution in [0.25, 0.3) is 0 Å². The number of carbonyl (C=O) groups is 3. The van der Waals surface area contributed by atoms with Gasteiger partial charge >= 0.3 is 17.9 Å². The Hall–Kier alpha value is -4.60. The maximum Gasteiger partial charge on any atom is 0.331 e. The molecule has 8 N–H and O–H groups in total. The van der Waals surface area contributed by atoms with Gasteiger partial charge in [-0.05, 0) is 78.9 Å². The molecular formula is C32H34F5N3O7. The highest BCUT2D eigenvalue weighted by atomic mass is 19.3. The van der Waals surface area contributed by atoms with E-state index in [0.29, 0.717) is 0 Å². The Bertz CT molecular complexity index is 1630. The van der Waals surface area contributed by atoms with E-state index in [1.807, 2.05) is 0 Å². The first kappa shape index (κ1) is 36.9. The molecule has 47 heavy (non-hydrogen) atoms. The molecule has 3 rings (SSSR count). The molecule has 0 aromatic heterocycles. The zero-order valence-corrected chi connectivity index (χ0v) is 25.3. The van der Waals surface area contributed by atoms with Crippen LogP contribution in [-0.2, 0) is 40.3 Å². The number of halogens is 5. The van der Waals surface area contributed by atoms with Crippen LogP contribution >= 0.6 is 0 Å². The fourth-order valence-corrected chi connectivity index (χ4v) is 4.64. The summed E-state index contributed by atoms with van der Waals surface area (Å²) < 4.78 is 78.9. The number of carboxylic acids is 1. The Morgan fingerprint density at radius 3 is 1.72 bits per heavy atom. The molecule has 0 amide bonds. The van der Waals surface area contributed by atoms with Crippen molar-refractivity contribution in [3.05, 3.63) is 88.0 Å². The summed E-state index contributed by atoms with van der Waals surface area (Å²) in [5, 5.41) is 18.5. The number of ether oxygens (including phenoxy) is 2. The summed E-state index contributed by atoms with van der Waals surface area (Å²) in [4.78, 5) is 36.9. The predicted octanol–water partition coefficient (Wildman–Crippen LogP) is 4.42. The summed E-state index contributed by atoms with van der Waals surface area (Å²) in [6, 6.07) is 8.84. The van der Waals surface area contributed by atoms with E-state index in [1.165, 1.54) is 50.2 Å². The lowest BCUT2D eigenvalue weighted by atomic mass is 9.90. The van der Waals surface area contributed by atoms with Gasteiger partial charge in [0.05, 0.1) is 0 Å². The zero-order valence-electron chi connectivity index (χ0n) is 25.3. The van der Waals surface area contributed by atoms with Crippen LogP contribution in [0.1, 0.15) is 60.1 Å². The number of hydrogen-bond donors (Lipinski definition) is 5. The smallest absolute Gasteiger partial charge is 0.331 e. The Kier molecular flexibility index (Phi) is 11.7. The maximum atomic E-state index is 14.1. The molecule has 0 aliphatic heterocycles. The topological polar surface area (TPSA) is 188 Å². The predicted molar refractivity (Wildman–Crippen MR) is 159 cm³/mol. The highest BCUT2D eigenvalue weighted by Gasteiger charge is 2.34. The van der Waals surface area contributed by atoms with E-state index in [9.17, 15) is 41.4 Å². The number of nitrogens with two attached hydrogens (primary N) is 3. The minimum Gasteiger partial charge on any atom is -0.508 e. The number of phenolic OH excluding ortho intramolecular Hbond substituents is 1. The number of aliphatic carboxylic acids is 1. The van der Waals surface area contributed by atoms with Crippen LogP contribution in [0.2, 0.25) is 0 Å². The van der Waals surface area contributed by atoms with E-state index >= 15 is 0 Å². The summed E-state index contributed by atoms with van der Waals surface area (Å²) >= 11 is 0. The third-order valence-corrected chi connectivity index (χ3v) is 7.26. The Balaban J connectivity index is 1.74. The first-order valence-corrected chi connectivity index (χ1v) is 14.0. The number of rotatable bonds is 14.